The topological polar surface area (TPSA) is 58.2 Å². The van der Waals surface area contributed by atoms with Gasteiger partial charge in [0.15, 0.2) is 0 Å². The van der Waals surface area contributed by atoms with Crippen LogP contribution >= 0.6 is 0 Å². The molecular weight excluding hydrogens is 338 g/mol. The van der Waals surface area contributed by atoms with Gasteiger partial charge in [-0.3, -0.25) is 9.59 Å². The van der Waals surface area contributed by atoms with Gasteiger partial charge in [-0.25, -0.2) is 8.78 Å². The van der Waals surface area contributed by atoms with E-state index in [1.807, 2.05) is 13.8 Å². The van der Waals surface area contributed by atoms with E-state index in [0.717, 1.165) is 31.0 Å². The number of hydrogen-bond donors (Lipinski definition) is 2. The highest BCUT2D eigenvalue weighted by atomic mass is 19.1. The summed E-state index contributed by atoms with van der Waals surface area (Å²) in [6.07, 6.45) is 10.1. The van der Waals surface area contributed by atoms with Crippen LogP contribution in [0.5, 0.6) is 0 Å². The van der Waals surface area contributed by atoms with E-state index in [-0.39, 0.29) is 24.4 Å². The molecule has 0 saturated carbocycles. The lowest BCUT2D eigenvalue weighted by Crippen LogP contribution is -2.47. The van der Waals surface area contributed by atoms with Crippen LogP contribution in [-0.4, -0.2) is 24.4 Å². The van der Waals surface area contributed by atoms with Gasteiger partial charge < -0.3 is 10.6 Å². The van der Waals surface area contributed by atoms with Crippen LogP contribution in [-0.2, 0) is 16.0 Å². The highest BCUT2D eigenvalue weighted by molar-refractivity contribution is 5.93. The lowest BCUT2D eigenvalue weighted by molar-refractivity contribution is -0.126. The van der Waals surface area contributed by atoms with Gasteiger partial charge in [-0.15, -0.1) is 6.42 Å². The minimum Gasteiger partial charge on any atom is -0.343 e. The van der Waals surface area contributed by atoms with Crippen LogP contribution in [0.3, 0.4) is 0 Å². The highest BCUT2D eigenvalue weighted by Gasteiger charge is 2.20. The van der Waals surface area contributed by atoms with E-state index in [0.29, 0.717) is 0 Å². The Labute approximate surface area is 153 Å². The Morgan fingerprint density at radius 1 is 1.27 bits per heavy atom. The lowest BCUT2D eigenvalue weighted by Gasteiger charge is -2.17. The number of allylic oxidation sites excluding steroid dienone is 1. The second-order valence-corrected chi connectivity index (χ2v) is 6.09. The molecule has 0 aromatic heterocycles. The van der Waals surface area contributed by atoms with Gasteiger partial charge in [-0.05, 0) is 36.1 Å². The predicted molar refractivity (Wildman–Crippen MR) is 97.0 cm³/mol. The van der Waals surface area contributed by atoms with E-state index in [1.165, 1.54) is 6.08 Å². The Bertz CT molecular complexity index is 675. The minimum absolute atomic E-state index is 0.00785. The van der Waals surface area contributed by atoms with Gasteiger partial charge in [-0.1, -0.05) is 32.3 Å². The molecular formula is C20H24F2N2O2. The summed E-state index contributed by atoms with van der Waals surface area (Å²) in [7, 11) is 0. The number of nitrogens with one attached hydrogen (secondary N) is 2. The fourth-order valence-electron chi connectivity index (χ4n) is 2.46. The van der Waals surface area contributed by atoms with Crippen molar-refractivity contribution in [1.29, 1.82) is 0 Å². The first-order valence-electron chi connectivity index (χ1n) is 8.50. The zero-order valence-electron chi connectivity index (χ0n) is 15.0. The maximum absolute atomic E-state index is 13.4. The summed E-state index contributed by atoms with van der Waals surface area (Å²) in [6.45, 7) is 4.03. The van der Waals surface area contributed by atoms with E-state index in [2.05, 4.69) is 16.6 Å². The molecule has 0 aliphatic carbocycles. The molecule has 1 aromatic carbocycles. The second-order valence-electron chi connectivity index (χ2n) is 6.09. The number of amides is 2. The van der Waals surface area contributed by atoms with Crippen LogP contribution in [0.15, 0.2) is 30.4 Å². The third kappa shape index (κ3) is 7.93. The first-order valence-corrected chi connectivity index (χ1v) is 8.50. The minimum atomic E-state index is -0.997. The average molecular weight is 362 g/mol. The number of hydrogen-bond acceptors (Lipinski definition) is 2. The molecule has 140 valence electrons. The summed E-state index contributed by atoms with van der Waals surface area (Å²) in [5, 5.41) is 5.03. The molecule has 0 aliphatic rings. The summed E-state index contributed by atoms with van der Waals surface area (Å²) in [6, 6.07) is 1.99. The Hall–Kier alpha value is -2.68. The number of terminal acetylenes is 1. The van der Waals surface area contributed by atoms with Gasteiger partial charge >= 0.3 is 0 Å². The van der Waals surface area contributed by atoms with E-state index >= 15 is 0 Å². The Balaban J connectivity index is 2.86. The van der Waals surface area contributed by atoms with Gasteiger partial charge in [-0.2, -0.15) is 0 Å². The molecule has 2 N–H and O–H groups in total. The summed E-state index contributed by atoms with van der Waals surface area (Å²) in [4.78, 5) is 24.3. The van der Waals surface area contributed by atoms with Crippen LogP contribution in [0.4, 0.5) is 8.78 Å². The first-order chi connectivity index (χ1) is 12.3. The third-order valence-corrected chi connectivity index (χ3v) is 3.68. The molecule has 26 heavy (non-hydrogen) atoms. The van der Waals surface area contributed by atoms with Crippen LogP contribution in [0.2, 0.25) is 0 Å². The van der Waals surface area contributed by atoms with Crippen molar-refractivity contribution in [2.24, 2.45) is 5.92 Å². The van der Waals surface area contributed by atoms with E-state index in [4.69, 9.17) is 6.42 Å². The Morgan fingerprint density at radius 3 is 2.50 bits per heavy atom. The number of carbonyl (C=O) groups is 2. The standard InChI is InChI=1S/C20H24F2N2O2/c1-4-6-14(3)7-8-19(25)24-18(20(26)23-9-5-2)12-15-10-16(21)13-17(22)11-15/h2,7-8,10-11,13-14,18H,4,6,9,12H2,1,3H3,(H,23,26)(H,24,25)/b8-7+/t14?,18-/m0/s1. The van der Waals surface area contributed by atoms with Crippen molar-refractivity contribution >= 4 is 11.8 Å². The van der Waals surface area contributed by atoms with Gasteiger partial charge in [0, 0.05) is 12.5 Å². The van der Waals surface area contributed by atoms with Crippen LogP contribution in [0.25, 0.3) is 0 Å². The van der Waals surface area contributed by atoms with Gasteiger partial charge in [0.1, 0.15) is 17.7 Å². The summed E-state index contributed by atoms with van der Waals surface area (Å²) in [5.74, 6) is 0.0313. The highest BCUT2D eigenvalue weighted by Crippen LogP contribution is 2.11. The predicted octanol–water partition coefficient (Wildman–Crippen LogP) is 2.73. The molecule has 0 bridgehead atoms. The van der Waals surface area contributed by atoms with Gasteiger partial charge in [0.05, 0.1) is 6.54 Å². The molecule has 0 saturated heterocycles. The largest absolute Gasteiger partial charge is 0.343 e. The number of carbonyl (C=O) groups excluding carboxylic acids is 2. The van der Waals surface area contributed by atoms with Crippen molar-refractivity contribution in [2.45, 2.75) is 39.2 Å². The van der Waals surface area contributed by atoms with Gasteiger partial charge in [0.2, 0.25) is 11.8 Å². The van der Waals surface area contributed by atoms with Crippen molar-refractivity contribution in [3.8, 4) is 12.3 Å². The second kappa shape index (κ2) is 11.0. The molecule has 2 amide bonds. The Morgan fingerprint density at radius 2 is 1.92 bits per heavy atom. The summed E-state index contributed by atoms with van der Waals surface area (Å²) >= 11 is 0. The molecule has 1 unspecified atom stereocenters. The van der Waals surface area contributed by atoms with Crippen LogP contribution in [0, 0.1) is 29.9 Å². The average Bonchev–Trinajstić information content (AvgIpc) is 2.56. The van der Waals surface area contributed by atoms with Gasteiger partial charge in [0.25, 0.3) is 0 Å². The monoisotopic (exact) mass is 362 g/mol. The summed E-state index contributed by atoms with van der Waals surface area (Å²) in [5.41, 5.74) is 0.256. The molecule has 2 atom stereocenters. The maximum atomic E-state index is 13.4. The molecule has 0 heterocycles. The van der Waals surface area contributed by atoms with Crippen molar-refractivity contribution in [3.05, 3.63) is 47.5 Å². The maximum Gasteiger partial charge on any atom is 0.244 e. The number of rotatable bonds is 9. The molecule has 0 radical (unpaired) electrons. The van der Waals surface area contributed by atoms with E-state index in [9.17, 15) is 18.4 Å². The quantitative estimate of drug-likeness (QED) is 0.524. The fourth-order valence-corrected chi connectivity index (χ4v) is 2.46. The Kier molecular flexibility index (Phi) is 9.07. The molecule has 1 rings (SSSR count). The normalized spacial score (nSPS) is 13.0. The van der Waals surface area contributed by atoms with E-state index in [1.54, 1.807) is 6.08 Å². The smallest absolute Gasteiger partial charge is 0.244 e. The van der Waals surface area contributed by atoms with Crippen LogP contribution < -0.4 is 10.6 Å². The number of halogens is 2. The van der Waals surface area contributed by atoms with E-state index < -0.39 is 29.5 Å². The molecule has 4 nitrogen and oxygen atoms in total. The van der Waals surface area contributed by atoms with Crippen molar-refractivity contribution in [2.75, 3.05) is 6.54 Å². The molecule has 6 heteroatoms. The first kappa shape index (κ1) is 21.4. The van der Waals surface area contributed by atoms with Crippen molar-refractivity contribution in [3.63, 3.8) is 0 Å². The molecule has 0 aliphatic heterocycles. The zero-order valence-corrected chi connectivity index (χ0v) is 15.0. The fraction of sp³-hybridized carbons (Fsp3) is 0.400. The molecule has 1 aromatic rings. The lowest BCUT2D eigenvalue weighted by atomic mass is 10.0. The number of benzene rings is 1. The van der Waals surface area contributed by atoms with Crippen LogP contribution in [0.1, 0.15) is 32.3 Å². The molecule has 0 fully saturated rings. The SMILES string of the molecule is C#CCNC(=O)[C@H](Cc1cc(F)cc(F)c1)NC(=O)/C=C/C(C)CCC. The zero-order chi connectivity index (χ0) is 19.5. The van der Waals surface area contributed by atoms with Crippen molar-refractivity contribution in [1.82, 2.24) is 10.6 Å². The third-order valence-electron chi connectivity index (χ3n) is 3.68. The van der Waals surface area contributed by atoms with Crippen molar-refractivity contribution < 1.29 is 18.4 Å². The molecule has 0 spiro atoms. The summed E-state index contributed by atoms with van der Waals surface area (Å²) < 4.78 is 26.7.